The van der Waals surface area contributed by atoms with Gasteiger partial charge in [0.05, 0.1) is 13.1 Å². The van der Waals surface area contributed by atoms with Gasteiger partial charge >= 0.3 is 11.4 Å². The van der Waals surface area contributed by atoms with Crippen LogP contribution >= 0.6 is 11.6 Å². The second-order valence-corrected chi connectivity index (χ2v) is 2.92. The van der Waals surface area contributed by atoms with Crippen molar-refractivity contribution in [1.29, 1.82) is 0 Å². The Hall–Kier alpha value is -1.36. The number of carbonyl (C=O) groups excluding carboxylic acids is 2. The van der Waals surface area contributed by atoms with Crippen molar-refractivity contribution >= 4 is 29.2 Å². The molecule has 0 aromatic carbocycles. The van der Waals surface area contributed by atoms with Gasteiger partial charge in [0.15, 0.2) is 0 Å². The van der Waals surface area contributed by atoms with Crippen molar-refractivity contribution in [3.05, 3.63) is 12.2 Å². The minimum Gasteiger partial charge on any atom is -0.255 e. The summed E-state index contributed by atoms with van der Waals surface area (Å²) in [7, 11) is 0. The Morgan fingerprint density at radius 2 is 2.29 bits per heavy atom. The molecule has 0 aliphatic carbocycles. The molecule has 0 spiro atoms. The second kappa shape index (κ2) is 4.76. The fraction of sp³-hybridized carbons (Fsp3) is 0.375. The third-order valence-corrected chi connectivity index (χ3v) is 1.89. The lowest BCUT2D eigenvalue weighted by Crippen LogP contribution is -2.30. The molecular weight excluding hydrogens is 206 g/mol. The second-order valence-electron chi connectivity index (χ2n) is 2.60. The van der Waals surface area contributed by atoms with Gasteiger partial charge in [-0.15, -0.1) is 0 Å². The first-order valence-corrected chi connectivity index (χ1v) is 4.48. The third kappa shape index (κ3) is 2.32. The van der Waals surface area contributed by atoms with Crippen molar-refractivity contribution in [2.45, 2.75) is 6.92 Å². The molecule has 0 saturated carbocycles. The van der Waals surface area contributed by atoms with E-state index in [1.54, 1.807) is 12.2 Å². The van der Waals surface area contributed by atoms with Crippen molar-refractivity contribution in [2.24, 2.45) is 5.10 Å². The molecule has 0 aromatic heterocycles. The number of amides is 3. The number of rotatable bonds is 2. The Bertz CT molecular complexity index is 301. The lowest BCUT2D eigenvalue weighted by atomic mass is 10.6. The summed E-state index contributed by atoms with van der Waals surface area (Å²) in [4.78, 5) is 23.0. The SMILES string of the molecule is C/C=C/C=N/N1CCN(C(=O)Cl)C1=O. The molecule has 0 unspecified atom stereocenters. The minimum atomic E-state index is -0.765. The summed E-state index contributed by atoms with van der Waals surface area (Å²) in [5.74, 6) is 0. The number of allylic oxidation sites excluding steroid dienone is 2. The highest BCUT2D eigenvalue weighted by Crippen LogP contribution is 2.10. The summed E-state index contributed by atoms with van der Waals surface area (Å²) in [6, 6.07) is -0.481. The van der Waals surface area contributed by atoms with E-state index in [0.29, 0.717) is 6.54 Å². The van der Waals surface area contributed by atoms with Crippen LogP contribution in [-0.4, -0.2) is 40.6 Å². The van der Waals surface area contributed by atoms with Gasteiger partial charge in [0.25, 0.3) is 0 Å². The summed E-state index contributed by atoms with van der Waals surface area (Å²) >= 11 is 5.18. The highest BCUT2D eigenvalue weighted by molar-refractivity contribution is 6.64. The third-order valence-electron chi connectivity index (χ3n) is 1.68. The van der Waals surface area contributed by atoms with E-state index in [9.17, 15) is 9.59 Å². The molecule has 1 aliphatic heterocycles. The van der Waals surface area contributed by atoms with Gasteiger partial charge in [-0.05, 0) is 24.6 Å². The molecule has 1 rings (SSSR count). The van der Waals surface area contributed by atoms with Gasteiger partial charge in [0.1, 0.15) is 0 Å². The number of carbonyl (C=O) groups is 2. The summed E-state index contributed by atoms with van der Waals surface area (Å²) in [6.07, 6.45) is 4.97. The van der Waals surface area contributed by atoms with Crippen LogP contribution in [0.15, 0.2) is 17.3 Å². The van der Waals surface area contributed by atoms with Crippen molar-refractivity contribution in [3.63, 3.8) is 0 Å². The molecule has 1 heterocycles. The average molecular weight is 216 g/mol. The van der Waals surface area contributed by atoms with E-state index in [4.69, 9.17) is 11.6 Å². The zero-order chi connectivity index (χ0) is 10.6. The predicted molar refractivity (Wildman–Crippen MR) is 53.4 cm³/mol. The Morgan fingerprint density at radius 1 is 1.57 bits per heavy atom. The standard InChI is InChI=1S/C8H10ClN3O2/c1-2-3-4-10-12-6-5-11(7(9)13)8(12)14/h2-4H,5-6H2,1H3/b3-2+,10-4+. The van der Waals surface area contributed by atoms with E-state index in [2.05, 4.69) is 5.10 Å². The lowest BCUT2D eigenvalue weighted by Gasteiger charge is -2.09. The molecule has 6 heteroatoms. The quantitative estimate of drug-likeness (QED) is 0.400. The van der Waals surface area contributed by atoms with E-state index in [1.165, 1.54) is 11.2 Å². The van der Waals surface area contributed by atoms with Gasteiger partial charge in [0, 0.05) is 6.21 Å². The Balaban J connectivity index is 2.60. The molecule has 14 heavy (non-hydrogen) atoms. The number of urea groups is 1. The minimum absolute atomic E-state index is 0.286. The predicted octanol–water partition coefficient (Wildman–Crippen LogP) is 1.64. The molecule has 0 N–H and O–H groups in total. The largest absolute Gasteiger partial charge is 0.348 e. The molecule has 1 fully saturated rings. The highest BCUT2D eigenvalue weighted by Gasteiger charge is 2.31. The normalized spacial score (nSPS) is 17.7. The lowest BCUT2D eigenvalue weighted by molar-refractivity contribution is 0.195. The van der Waals surface area contributed by atoms with Crippen LogP contribution < -0.4 is 0 Å². The molecular formula is C8H10ClN3O2. The number of hydrogen-bond donors (Lipinski definition) is 0. The number of hydrazone groups is 1. The molecule has 76 valence electrons. The van der Waals surface area contributed by atoms with Gasteiger partial charge in [-0.3, -0.25) is 4.79 Å². The van der Waals surface area contributed by atoms with Crippen molar-refractivity contribution < 1.29 is 9.59 Å². The van der Waals surface area contributed by atoms with Gasteiger partial charge in [0.2, 0.25) is 0 Å². The van der Waals surface area contributed by atoms with E-state index in [1.807, 2.05) is 6.92 Å². The number of halogens is 1. The molecule has 1 aliphatic rings. The molecule has 0 atom stereocenters. The van der Waals surface area contributed by atoms with Crippen LogP contribution in [-0.2, 0) is 0 Å². The van der Waals surface area contributed by atoms with Crippen LogP contribution in [0.4, 0.5) is 9.59 Å². The first-order chi connectivity index (χ1) is 6.66. The number of hydrogen-bond acceptors (Lipinski definition) is 3. The fourth-order valence-corrected chi connectivity index (χ4v) is 1.16. The Kier molecular flexibility index (Phi) is 3.64. The maximum atomic E-state index is 11.3. The summed E-state index contributed by atoms with van der Waals surface area (Å²) < 4.78 is 0. The number of imide groups is 1. The van der Waals surface area contributed by atoms with Gasteiger partial charge < -0.3 is 0 Å². The van der Waals surface area contributed by atoms with Gasteiger partial charge in [-0.1, -0.05) is 6.08 Å². The van der Waals surface area contributed by atoms with Crippen LogP contribution in [0.2, 0.25) is 0 Å². The molecule has 0 aromatic rings. The van der Waals surface area contributed by atoms with Crippen molar-refractivity contribution in [3.8, 4) is 0 Å². The van der Waals surface area contributed by atoms with E-state index in [-0.39, 0.29) is 6.54 Å². The van der Waals surface area contributed by atoms with Crippen LogP contribution in [0.25, 0.3) is 0 Å². The molecule has 0 radical (unpaired) electrons. The zero-order valence-electron chi connectivity index (χ0n) is 7.68. The van der Waals surface area contributed by atoms with Crippen LogP contribution in [0, 0.1) is 0 Å². The Morgan fingerprint density at radius 3 is 2.79 bits per heavy atom. The maximum Gasteiger partial charge on any atom is 0.348 e. The van der Waals surface area contributed by atoms with Gasteiger partial charge in [-0.2, -0.15) is 5.10 Å². The average Bonchev–Trinajstić information content (AvgIpc) is 2.48. The molecule has 0 bridgehead atoms. The van der Waals surface area contributed by atoms with Crippen LogP contribution in [0.1, 0.15) is 6.92 Å². The molecule has 3 amide bonds. The number of nitrogens with zero attached hydrogens (tertiary/aromatic N) is 3. The van der Waals surface area contributed by atoms with E-state index >= 15 is 0 Å². The molecule has 5 nitrogen and oxygen atoms in total. The van der Waals surface area contributed by atoms with Gasteiger partial charge in [-0.25, -0.2) is 14.7 Å². The first-order valence-electron chi connectivity index (χ1n) is 4.10. The first kappa shape index (κ1) is 10.7. The van der Waals surface area contributed by atoms with Crippen LogP contribution in [0.3, 0.4) is 0 Å². The highest BCUT2D eigenvalue weighted by atomic mass is 35.5. The fourth-order valence-electron chi connectivity index (χ4n) is 1.00. The van der Waals surface area contributed by atoms with Crippen molar-refractivity contribution in [1.82, 2.24) is 9.91 Å². The summed E-state index contributed by atoms with van der Waals surface area (Å²) in [5, 5.41) is 4.28. The van der Waals surface area contributed by atoms with Crippen molar-refractivity contribution in [2.75, 3.05) is 13.1 Å². The monoisotopic (exact) mass is 215 g/mol. The maximum absolute atomic E-state index is 11.3. The smallest absolute Gasteiger partial charge is 0.255 e. The summed E-state index contributed by atoms with van der Waals surface area (Å²) in [5.41, 5.74) is 0. The van der Waals surface area contributed by atoms with E-state index < -0.39 is 11.4 Å². The van der Waals surface area contributed by atoms with Crippen LogP contribution in [0.5, 0.6) is 0 Å². The molecule has 1 saturated heterocycles. The topological polar surface area (TPSA) is 53.0 Å². The Labute approximate surface area is 86.6 Å². The zero-order valence-corrected chi connectivity index (χ0v) is 8.44. The van der Waals surface area contributed by atoms with E-state index in [0.717, 1.165) is 4.90 Å². The summed E-state index contributed by atoms with van der Waals surface area (Å²) in [6.45, 7) is 2.51.